The number of carbonyl (C=O) groups excluding carboxylic acids is 1. The number of methoxy groups -OCH3 is 1. The second kappa shape index (κ2) is 10.3. The Morgan fingerprint density at radius 3 is 2.77 bits per heavy atom. The minimum absolute atomic E-state index is 0.392. The molecule has 4 atom stereocenters. The molecule has 0 radical (unpaired) electrons. The Morgan fingerprint density at radius 1 is 1.35 bits per heavy atom. The number of carbonyl (C=O) groups is 1. The van der Waals surface area contributed by atoms with Crippen LogP contribution in [0.1, 0.15) is 72.6 Å². The molecule has 2 heterocycles. The largest absolute Gasteiger partial charge is 0.429 e. The minimum Gasteiger partial charge on any atom is -0.429 e. The molecule has 0 aromatic carbocycles. The zero-order valence-corrected chi connectivity index (χ0v) is 19.6. The first-order valence-electron chi connectivity index (χ1n) is 11.5. The van der Waals surface area contributed by atoms with Gasteiger partial charge in [-0.15, -0.1) is 0 Å². The van der Waals surface area contributed by atoms with Crippen molar-refractivity contribution in [1.82, 2.24) is 0 Å². The first kappa shape index (κ1) is 24.0. The summed E-state index contributed by atoms with van der Waals surface area (Å²) in [6.45, 7) is 9.34. The van der Waals surface area contributed by atoms with Gasteiger partial charge < -0.3 is 19.3 Å². The van der Waals surface area contributed by atoms with Crippen molar-refractivity contribution in [2.45, 2.75) is 91.3 Å². The van der Waals surface area contributed by atoms with E-state index in [1.165, 1.54) is 30.9 Å². The van der Waals surface area contributed by atoms with Gasteiger partial charge in [-0.3, -0.25) is 0 Å². The predicted molar refractivity (Wildman–Crippen MR) is 121 cm³/mol. The van der Waals surface area contributed by atoms with E-state index >= 15 is 0 Å². The Bertz CT molecular complexity index is 786. The lowest BCUT2D eigenvalue weighted by Gasteiger charge is -2.38. The molecule has 1 N–H and O–H groups in total. The molecular formula is C26H38O5. The van der Waals surface area contributed by atoms with E-state index in [4.69, 9.17) is 14.2 Å². The van der Waals surface area contributed by atoms with Crippen LogP contribution in [0.2, 0.25) is 0 Å². The van der Waals surface area contributed by atoms with Crippen molar-refractivity contribution >= 4 is 5.97 Å². The van der Waals surface area contributed by atoms with E-state index < -0.39 is 24.7 Å². The summed E-state index contributed by atoms with van der Waals surface area (Å²) >= 11 is 0. The van der Waals surface area contributed by atoms with Gasteiger partial charge in [-0.25, -0.2) is 4.79 Å². The third kappa shape index (κ3) is 5.97. The van der Waals surface area contributed by atoms with Crippen LogP contribution in [-0.4, -0.2) is 36.9 Å². The lowest BCUT2D eigenvalue weighted by molar-refractivity contribution is -0.157. The highest BCUT2D eigenvalue weighted by Gasteiger charge is 2.35. The van der Waals surface area contributed by atoms with E-state index in [0.717, 1.165) is 24.8 Å². The van der Waals surface area contributed by atoms with Crippen LogP contribution in [0.4, 0.5) is 0 Å². The van der Waals surface area contributed by atoms with Gasteiger partial charge in [0.05, 0.1) is 6.10 Å². The number of rotatable bonds is 8. The molecule has 0 aromatic heterocycles. The smallest absolute Gasteiger partial charge is 0.333 e. The van der Waals surface area contributed by atoms with Crippen molar-refractivity contribution in [3.8, 4) is 0 Å². The monoisotopic (exact) mass is 430 g/mol. The van der Waals surface area contributed by atoms with Crippen molar-refractivity contribution in [3.05, 3.63) is 46.6 Å². The lowest BCUT2D eigenvalue weighted by Crippen LogP contribution is -2.33. The quantitative estimate of drug-likeness (QED) is 0.414. The van der Waals surface area contributed by atoms with Crippen molar-refractivity contribution < 1.29 is 24.1 Å². The van der Waals surface area contributed by atoms with Crippen LogP contribution in [-0.2, 0) is 19.0 Å². The number of allylic oxidation sites excluding steroid dienone is 4. The summed E-state index contributed by atoms with van der Waals surface area (Å²) in [5.41, 5.74) is 4.96. The first-order valence-corrected chi connectivity index (χ1v) is 11.5. The van der Waals surface area contributed by atoms with Crippen LogP contribution in [0.3, 0.4) is 0 Å². The van der Waals surface area contributed by atoms with Crippen LogP contribution in [0, 0.1) is 11.3 Å². The van der Waals surface area contributed by atoms with Gasteiger partial charge in [-0.05, 0) is 75.7 Å². The maximum Gasteiger partial charge on any atom is 0.333 e. The molecule has 0 spiro atoms. The topological polar surface area (TPSA) is 65.0 Å². The standard InChI is InChI=1S/C26H38O5/c1-17(11-13-21-18(2)9-7-15-26(21,3)4)8-6-10-19-12-14-22(30-25(19)29-5)20-16-23(27)31-24(20)28/h8-9,12,16,21-22,24-25,28H,6-7,10-11,13-15H2,1-5H3/b17-8+/t21-,22-,24-,25+/m1/s1. The number of cyclic esters (lactones) is 1. The second-order valence-electron chi connectivity index (χ2n) is 9.80. The zero-order valence-electron chi connectivity index (χ0n) is 19.6. The summed E-state index contributed by atoms with van der Waals surface area (Å²) in [5, 5.41) is 9.87. The summed E-state index contributed by atoms with van der Waals surface area (Å²) in [6.07, 6.45) is 13.3. The van der Waals surface area contributed by atoms with Crippen LogP contribution in [0.25, 0.3) is 0 Å². The molecule has 0 bridgehead atoms. The van der Waals surface area contributed by atoms with Crippen molar-refractivity contribution in [2.75, 3.05) is 7.11 Å². The molecule has 0 unspecified atom stereocenters. The lowest BCUT2D eigenvalue weighted by atomic mass is 9.67. The summed E-state index contributed by atoms with van der Waals surface area (Å²) in [5.74, 6) is 0.141. The molecule has 0 saturated carbocycles. The van der Waals surface area contributed by atoms with Crippen LogP contribution >= 0.6 is 0 Å². The number of hydrogen-bond donors (Lipinski definition) is 1. The molecule has 3 aliphatic rings. The number of hydrogen-bond acceptors (Lipinski definition) is 5. The van der Waals surface area contributed by atoms with E-state index in [9.17, 15) is 9.90 Å². The van der Waals surface area contributed by atoms with Crippen molar-refractivity contribution in [1.29, 1.82) is 0 Å². The zero-order chi connectivity index (χ0) is 22.6. The Labute approximate surface area is 186 Å². The van der Waals surface area contributed by atoms with Crippen molar-refractivity contribution in [3.63, 3.8) is 0 Å². The molecule has 1 aliphatic carbocycles. The molecule has 0 fully saturated rings. The van der Waals surface area contributed by atoms with E-state index in [0.29, 0.717) is 23.3 Å². The van der Waals surface area contributed by atoms with Crippen LogP contribution in [0.15, 0.2) is 46.6 Å². The van der Waals surface area contributed by atoms with Crippen molar-refractivity contribution in [2.24, 2.45) is 11.3 Å². The second-order valence-corrected chi connectivity index (χ2v) is 9.80. The fourth-order valence-electron chi connectivity index (χ4n) is 5.14. The minimum atomic E-state index is -1.22. The molecule has 3 rings (SSSR count). The molecular weight excluding hydrogens is 392 g/mol. The average molecular weight is 431 g/mol. The van der Waals surface area contributed by atoms with E-state index in [-0.39, 0.29) is 0 Å². The Hall–Kier alpha value is -1.69. The summed E-state index contributed by atoms with van der Waals surface area (Å²) in [6, 6.07) is 0. The maximum atomic E-state index is 11.4. The first-order chi connectivity index (χ1) is 14.7. The fraction of sp³-hybridized carbons (Fsp3) is 0.654. The molecule has 5 heteroatoms. The third-order valence-electron chi connectivity index (χ3n) is 7.07. The highest BCUT2D eigenvalue weighted by atomic mass is 16.7. The van der Waals surface area contributed by atoms with Gasteiger partial charge >= 0.3 is 5.97 Å². The van der Waals surface area contributed by atoms with Crippen LogP contribution in [0.5, 0.6) is 0 Å². The van der Waals surface area contributed by atoms with Gasteiger partial charge in [0.1, 0.15) is 0 Å². The number of aliphatic hydroxyl groups excluding tert-OH is 1. The van der Waals surface area contributed by atoms with Gasteiger partial charge in [-0.2, -0.15) is 0 Å². The Morgan fingerprint density at radius 2 is 2.13 bits per heavy atom. The molecule has 2 aliphatic heterocycles. The average Bonchev–Trinajstić information content (AvgIpc) is 3.05. The molecule has 0 amide bonds. The van der Waals surface area contributed by atoms with Gasteiger partial charge in [0.2, 0.25) is 6.29 Å². The maximum absolute atomic E-state index is 11.4. The Kier molecular flexibility index (Phi) is 7.95. The summed E-state index contributed by atoms with van der Waals surface area (Å²) in [7, 11) is 1.62. The van der Waals surface area contributed by atoms with Gasteiger partial charge in [-0.1, -0.05) is 43.2 Å². The molecule has 0 saturated heterocycles. The molecule has 172 valence electrons. The summed E-state index contributed by atoms with van der Waals surface area (Å²) < 4.78 is 16.3. The van der Waals surface area contributed by atoms with Gasteiger partial charge in [0.15, 0.2) is 6.29 Å². The number of ether oxygens (including phenoxy) is 3. The van der Waals surface area contributed by atoms with Gasteiger partial charge in [0, 0.05) is 18.8 Å². The SMILES string of the molecule is CO[C@H]1O[C@@H](C2=CC(=O)O[C@H]2O)CC=C1CC/C=C(\C)CC[C@@H]1C(C)=CCCC1(C)C. The summed E-state index contributed by atoms with van der Waals surface area (Å²) in [4.78, 5) is 11.4. The van der Waals surface area contributed by atoms with Gasteiger partial charge in [0.25, 0.3) is 0 Å². The van der Waals surface area contributed by atoms with E-state index in [1.54, 1.807) is 12.7 Å². The number of esters is 1. The predicted octanol–water partition coefficient (Wildman–Crippen LogP) is 5.37. The highest BCUT2D eigenvalue weighted by molar-refractivity contribution is 5.85. The van der Waals surface area contributed by atoms with E-state index in [1.807, 2.05) is 0 Å². The molecule has 31 heavy (non-hydrogen) atoms. The third-order valence-corrected chi connectivity index (χ3v) is 7.07. The normalized spacial score (nSPS) is 31.1. The van der Waals surface area contributed by atoms with E-state index in [2.05, 4.69) is 45.9 Å². The highest BCUT2D eigenvalue weighted by Crippen LogP contribution is 2.43. The molecule has 0 aromatic rings. The Balaban J connectivity index is 1.51. The molecule has 5 nitrogen and oxygen atoms in total. The number of aliphatic hydroxyl groups is 1. The van der Waals surface area contributed by atoms with Crippen LogP contribution < -0.4 is 0 Å². The fourth-order valence-corrected chi connectivity index (χ4v) is 5.14.